The summed E-state index contributed by atoms with van der Waals surface area (Å²) in [5.74, 6) is 1.29. The van der Waals surface area contributed by atoms with E-state index >= 15 is 0 Å². The number of rotatable bonds is 13. The quantitative estimate of drug-likeness (QED) is 0.179. The van der Waals surface area contributed by atoms with Crippen LogP contribution in [0.5, 0.6) is 0 Å². The molecule has 2 aromatic carbocycles. The molecule has 2 unspecified atom stereocenters. The molecule has 3 heterocycles. The average Bonchev–Trinajstić information content (AvgIpc) is 3.43. The minimum atomic E-state index is -0.657. The van der Waals surface area contributed by atoms with Crippen molar-refractivity contribution in [2.24, 2.45) is 10.4 Å². The van der Waals surface area contributed by atoms with Crippen LogP contribution in [0, 0.1) is 5.41 Å². The molecular formula is C39H48N6O5. The maximum atomic E-state index is 14.6. The maximum Gasteiger partial charge on any atom is 0.282 e. The number of hydroxylamine groups is 1. The lowest BCUT2D eigenvalue weighted by Crippen LogP contribution is -2.43. The van der Waals surface area contributed by atoms with Crippen molar-refractivity contribution >= 4 is 11.6 Å². The van der Waals surface area contributed by atoms with E-state index in [1.54, 1.807) is 6.33 Å². The lowest BCUT2D eigenvalue weighted by Gasteiger charge is -2.38. The summed E-state index contributed by atoms with van der Waals surface area (Å²) < 4.78 is 15.7. The third-order valence-corrected chi connectivity index (χ3v) is 11.4. The Morgan fingerprint density at radius 1 is 1.00 bits per heavy atom. The second-order valence-corrected chi connectivity index (χ2v) is 14.8. The van der Waals surface area contributed by atoms with Crippen molar-refractivity contribution in [2.45, 2.75) is 115 Å². The van der Waals surface area contributed by atoms with Gasteiger partial charge in [-0.15, -0.1) is 0 Å². The SMILES string of the molecule is CCCOC1N=C(c2ccccc2-c2ccc(Cc3c(CCC)n4ncnc4n(C4CC45CCC(OCC4(O)CCC4)CC5)c3=O)cc2)NO1. The van der Waals surface area contributed by atoms with Crippen molar-refractivity contribution in [1.29, 1.82) is 0 Å². The van der Waals surface area contributed by atoms with Crippen LogP contribution in [-0.4, -0.2) is 61.4 Å². The Balaban J connectivity index is 1.03. The first-order chi connectivity index (χ1) is 24.4. The van der Waals surface area contributed by atoms with Gasteiger partial charge in [-0.25, -0.2) is 19.8 Å². The Kier molecular flexibility index (Phi) is 9.09. The zero-order valence-corrected chi connectivity index (χ0v) is 29.1. The first-order valence-electron chi connectivity index (χ1n) is 18.5. The number of aliphatic hydroxyl groups is 1. The standard InChI is InChI=1S/C39H48N6O5/c1-3-8-32-31(22-26-11-13-27(14-12-26)29-9-5-6-10-30(29)34-42-37(50-43-34)48-21-4-2)35(46)44(36-40-25-41-45(32)36)33-23-38(33)19-15-28(16-20-38)49-24-39(47)17-7-18-39/h5-6,9-14,25,28,33,37,47H,3-4,7-8,15-24H2,1-2H3,(H,42,43). The van der Waals surface area contributed by atoms with E-state index in [-0.39, 0.29) is 23.1 Å². The Hall–Kier alpha value is -3.90. The van der Waals surface area contributed by atoms with E-state index in [0.29, 0.717) is 31.2 Å². The largest absolute Gasteiger partial charge is 0.387 e. The van der Waals surface area contributed by atoms with Gasteiger partial charge in [-0.3, -0.25) is 9.36 Å². The van der Waals surface area contributed by atoms with Crippen LogP contribution < -0.4 is 11.0 Å². The summed E-state index contributed by atoms with van der Waals surface area (Å²) in [5.41, 5.74) is 8.29. The highest BCUT2D eigenvalue weighted by Crippen LogP contribution is 2.64. The smallest absolute Gasteiger partial charge is 0.282 e. The zero-order valence-electron chi connectivity index (χ0n) is 29.1. The van der Waals surface area contributed by atoms with Gasteiger partial charge < -0.3 is 14.6 Å². The van der Waals surface area contributed by atoms with Crippen LogP contribution in [0.25, 0.3) is 16.9 Å². The summed E-state index contributed by atoms with van der Waals surface area (Å²) >= 11 is 0. The molecule has 11 nitrogen and oxygen atoms in total. The Bertz CT molecular complexity index is 1920. The number of amidine groups is 1. The molecule has 4 aromatic rings. The number of ether oxygens (including phenoxy) is 2. The molecule has 1 spiro atoms. The topological polar surface area (TPSA) is 125 Å². The van der Waals surface area contributed by atoms with Gasteiger partial charge in [0.2, 0.25) is 5.78 Å². The summed E-state index contributed by atoms with van der Waals surface area (Å²) in [7, 11) is 0. The van der Waals surface area contributed by atoms with Crippen molar-refractivity contribution in [3.8, 4) is 11.1 Å². The minimum Gasteiger partial charge on any atom is -0.387 e. The van der Waals surface area contributed by atoms with Gasteiger partial charge in [-0.05, 0) is 86.3 Å². The summed E-state index contributed by atoms with van der Waals surface area (Å²) in [6.07, 6.45) is 11.9. The van der Waals surface area contributed by atoms with Gasteiger partial charge in [0.1, 0.15) is 6.33 Å². The molecule has 2 aromatic heterocycles. The van der Waals surface area contributed by atoms with Gasteiger partial charge >= 0.3 is 0 Å². The van der Waals surface area contributed by atoms with Crippen LogP contribution in [0.1, 0.15) is 106 Å². The molecule has 3 aliphatic carbocycles. The number of aryl methyl sites for hydroxylation is 1. The van der Waals surface area contributed by atoms with E-state index in [2.05, 4.69) is 64.7 Å². The normalized spacial score (nSPS) is 25.4. The molecule has 2 atom stereocenters. The third kappa shape index (κ3) is 6.29. The molecule has 0 saturated heterocycles. The molecule has 4 aliphatic rings. The summed E-state index contributed by atoms with van der Waals surface area (Å²) in [4.78, 5) is 29.3. The number of nitrogens with zero attached hydrogens (tertiary/aromatic N) is 5. The van der Waals surface area contributed by atoms with Crippen LogP contribution in [0.3, 0.4) is 0 Å². The molecular weight excluding hydrogens is 632 g/mol. The zero-order chi connectivity index (χ0) is 34.3. The Labute approximate surface area is 292 Å². The third-order valence-electron chi connectivity index (χ3n) is 11.4. The van der Waals surface area contributed by atoms with Crippen LogP contribution in [0.4, 0.5) is 0 Å². The summed E-state index contributed by atoms with van der Waals surface area (Å²) in [5, 5.41) is 15.2. The van der Waals surface area contributed by atoms with E-state index in [9.17, 15) is 9.90 Å². The van der Waals surface area contributed by atoms with E-state index in [1.807, 2.05) is 27.3 Å². The van der Waals surface area contributed by atoms with Gasteiger partial charge in [0, 0.05) is 23.6 Å². The molecule has 1 aliphatic heterocycles. The van der Waals surface area contributed by atoms with Crippen molar-refractivity contribution in [3.05, 3.63) is 87.6 Å². The average molecular weight is 681 g/mol. The molecule has 11 heteroatoms. The summed E-state index contributed by atoms with van der Waals surface area (Å²) in [6.45, 7) is 5.21. The van der Waals surface area contributed by atoms with E-state index < -0.39 is 12.0 Å². The molecule has 2 N–H and O–H groups in total. The molecule has 3 fully saturated rings. The summed E-state index contributed by atoms with van der Waals surface area (Å²) in [6, 6.07) is 16.7. The minimum absolute atomic E-state index is 0.0565. The molecule has 264 valence electrons. The highest BCUT2D eigenvalue weighted by Gasteiger charge is 2.57. The fourth-order valence-electron chi connectivity index (χ4n) is 8.22. The Morgan fingerprint density at radius 3 is 2.50 bits per heavy atom. The second kappa shape index (κ2) is 13.7. The van der Waals surface area contributed by atoms with E-state index in [1.165, 1.54) is 0 Å². The van der Waals surface area contributed by atoms with Crippen LogP contribution in [-0.2, 0) is 27.2 Å². The van der Waals surface area contributed by atoms with Gasteiger partial charge in [-0.1, -0.05) is 68.8 Å². The number of aromatic nitrogens is 4. The molecule has 8 rings (SSSR count). The van der Waals surface area contributed by atoms with Crippen molar-refractivity contribution in [1.82, 2.24) is 24.6 Å². The lowest BCUT2D eigenvalue weighted by atomic mass is 9.80. The first-order valence-corrected chi connectivity index (χ1v) is 18.5. The fourth-order valence-corrected chi connectivity index (χ4v) is 8.22. The van der Waals surface area contributed by atoms with Gasteiger partial charge in [0.15, 0.2) is 5.84 Å². The highest BCUT2D eigenvalue weighted by molar-refractivity contribution is 6.04. The number of hydrogen-bond donors (Lipinski definition) is 2. The van der Waals surface area contributed by atoms with Gasteiger partial charge in [-0.2, -0.15) is 10.1 Å². The second-order valence-electron chi connectivity index (χ2n) is 14.8. The van der Waals surface area contributed by atoms with Gasteiger partial charge in [0.05, 0.1) is 30.6 Å². The predicted octanol–water partition coefficient (Wildman–Crippen LogP) is 5.90. The first kappa shape index (κ1) is 33.3. The van der Waals surface area contributed by atoms with E-state index in [4.69, 9.17) is 14.3 Å². The molecule has 0 amide bonds. The highest BCUT2D eigenvalue weighted by atomic mass is 16.8. The number of hydrogen-bond acceptors (Lipinski definition) is 9. The van der Waals surface area contributed by atoms with E-state index in [0.717, 1.165) is 104 Å². The molecule has 50 heavy (non-hydrogen) atoms. The van der Waals surface area contributed by atoms with Crippen LogP contribution in [0.15, 0.2) is 64.6 Å². The number of nitrogens with one attached hydrogen (secondary N) is 1. The predicted molar refractivity (Wildman–Crippen MR) is 190 cm³/mol. The van der Waals surface area contributed by atoms with Crippen LogP contribution in [0.2, 0.25) is 0 Å². The fraction of sp³-hybridized carbons (Fsp3) is 0.538. The Morgan fingerprint density at radius 2 is 1.78 bits per heavy atom. The monoisotopic (exact) mass is 680 g/mol. The molecule has 3 saturated carbocycles. The maximum absolute atomic E-state index is 14.6. The van der Waals surface area contributed by atoms with Crippen LogP contribution >= 0.6 is 0 Å². The van der Waals surface area contributed by atoms with Crippen molar-refractivity contribution in [2.75, 3.05) is 13.2 Å². The van der Waals surface area contributed by atoms with Crippen molar-refractivity contribution in [3.63, 3.8) is 0 Å². The van der Waals surface area contributed by atoms with Gasteiger partial charge in [0.25, 0.3) is 12.0 Å². The van der Waals surface area contributed by atoms with Crippen molar-refractivity contribution < 1.29 is 19.4 Å². The number of aliphatic imine (C=N–C) groups is 1. The lowest BCUT2D eigenvalue weighted by molar-refractivity contribution is -0.144. The molecule has 0 radical (unpaired) electrons. The number of benzene rings is 2. The molecule has 0 bridgehead atoms. The number of fused-ring (bicyclic) bond motifs is 1.